The van der Waals surface area contributed by atoms with Crippen LogP contribution in [0.1, 0.15) is 47.2 Å². The van der Waals surface area contributed by atoms with E-state index in [-0.39, 0.29) is 5.41 Å². The van der Waals surface area contributed by atoms with Gasteiger partial charge in [0.15, 0.2) is 0 Å². The van der Waals surface area contributed by atoms with Crippen molar-refractivity contribution in [3.63, 3.8) is 0 Å². The van der Waals surface area contributed by atoms with Gasteiger partial charge in [0, 0.05) is 22.4 Å². The van der Waals surface area contributed by atoms with E-state index >= 15 is 0 Å². The standard InChI is InChI=1S/C58H43N/c1-57(2)51-31-14-12-29-48(51)49-36-35-47(39-54(49)57)59(46-28-17-23-43(38-46)42-22-16-21-41(37-42)40-19-6-3-7-20-40)55-34-18-33-53-56(55)50-30-13-15-32-52(50)58(53,44-24-8-4-9-25-44)45-26-10-5-11-27-45/h3-39H,1-2H3. The minimum Gasteiger partial charge on any atom is -0.310 e. The molecule has 280 valence electrons. The van der Waals surface area contributed by atoms with Gasteiger partial charge in [0.05, 0.1) is 11.1 Å². The quantitative estimate of drug-likeness (QED) is 0.157. The minimum absolute atomic E-state index is 0.145. The molecule has 0 atom stereocenters. The Morgan fingerprint density at radius 3 is 1.53 bits per heavy atom. The van der Waals surface area contributed by atoms with Crippen molar-refractivity contribution in [2.75, 3.05) is 4.90 Å². The van der Waals surface area contributed by atoms with E-state index in [4.69, 9.17) is 0 Å². The van der Waals surface area contributed by atoms with Crippen LogP contribution in [0.4, 0.5) is 17.1 Å². The van der Waals surface area contributed by atoms with E-state index < -0.39 is 5.41 Å². The van der Waals surface area contributed by atoms with Crippen LogP contribution in [0.15, 0.2) is 224 Å². The molecule has 0 saturated carbocycles. The molecule has 0 unspecified atom stereocenters. The molecule has 0 aliphatic heterocycles. The van der Waals surface area contributed by atoms with Crippen molar-refractivity contribution >= 4 is 17.1 Å². The predicted octanol–water partition coefficient (Wildman–Crippen LogP) is 15.2. The van der Waals surface area contributed by atoms with Crippen molar-refractivity contribution in [2.45, 2.75) is 24.7 Å². The third-order valence-corrected chi connectivity index (χ3v) is 12.9. The maximum atomic E-state index is 2.52. The van der Waals surface area contributed by atoms with Crippen LogP contribution >= 0.6 is 0 Å². The molecule has 0 spiro atoms. The van der Waals surface area contributed by atoms with Crippen LogP contribution in [0.2, 0.25) is 0 Å². The van der Waals surface area contributed by atoms with Gasteiger partial charge in [0.2, 0.25) is 0 Å². The molecule has 0 amide bonds. The SMILES string of the molecule is CC1(C)c2ccccc2-c2ccc(N(c3cccc(-c4cccc(-c5ccccc5)c4)c3)c3cccc4c3-c3ccccc3C4(c3ccccc3)c3ccccc3)cc21. The van der Waals surface area contributed by atoms with Crippen LogP contribution in [-0.4, -0.2) is 0 Å². The molecule has 59 heavy (non-hydrogen) atoms. The van der Waals surface area contributed by atoms with Gasteiger partial charge in [-0.15, -0.1) is 0 Å². The lowest BCUT2D eigenvalue weighted by Gasteiger charge is -2.34. The average molecular weight is 754 g/mol. The van der Waals surface area contributed by atoms with E-state index in [0.29, 0.717) is 0 Å². The van der Waals surface area contributed by atoms with Crippen LogP contribution in [0, 0.1) is 0 Å². The second-order valence-electron chi connectivity index (χ2n) is 16.5. The molecule has 0 saturated heterocycles. The van der Waals surface area contributed by atoms with Crippen LogP contribution in [-0.2, 0) is 10.8 Å². The summed E-state index contributed by atoms with van der Waals surface area (Å²) in [5.41, 5.74) is 20.6. The molecule has 2 aliphatic carbocycles. The maximum Gasteiger partial charge on any atom is 0.0714 e. The van der Waals surface area contributed by atoms with E-state index in [1.165, 1.54) is 77.9 Å². The first-order valence-electron chi connectivity index (χ1n) is 20.7. The molecule has 0 radical (unpaired) electrons. The molecular formula is C58H43N. The van der Waals surface area contributed by atoms with Gasteiger partial charge in [-0.05, 0) is 109 Å². The normalized spacial score (nSPS) is 13.9. The molecule has 2 aliphatic rings. The molecule has 11 rings (SSSR count). The highest BCUT2D eigenvalue weighted by atomic mass is 15.1. The summed E-state index contributed by atoms with van der Waals surface area (Å²) in [4.78, 5) is 2.52. The fourth-order valence-corrected chi connectivity index (χ4v) is 10.3. The fourth-order valence-electron chi connectivity index (χ4n) is 10.3. The third kappa shape index (κ3) is 5.39. The van der Waals surface area contributed by atoms with Crippen LogP contribution in [0.5, 0.6) is 0 Å². The van der Waals surface area contributed by atoms with Crippen molar-refractivity contribution in [1.29, 1.82) is 0 Å². The monoisotopic (exact) mass is 753 g/mol. The van der Waals surface area contributed by atoms with E-state index in [2.05, 4.69) is 243 Å². The summed E-state index contributed by atoms with van der Waals surface area (Å²) in [7, 11) is 0. The first-order valence-corrected chi connectivity index (χ1v) is 20.7. The molecule has 0 aromatic heterocycles. The summed E-state index contributed by atoms with van der Waals surface area (Å²) in [5.74, 6) is 0. The number of anilines is 3. The molecular weight excluding hydrogens is 711 g/mol. The zero-order chi connectivity index (χ0) is 39.6. The molecule has 1 nitrogen and oxygen atoms in total. The Morgan fingerprint density at radius 1 is 0.322 bits per heavy atom. The molecule has 1 heteroatoms. The summed E-state index contributed by atoms with van der Waals surface area (Å²) in [6, 6.07) is 83.0. The molecule has 0 heterocycles. The highest BCUT2D eigenvalue weighted by Gasteiger charge is 2.47. The number of nitrogens with zero attached hydrogens (tertiary/aromatic N) is 1. The van der Waals surface area contributed by atoms with Gasteiger partial charge in [-0.2, -0.15) is 0 Å². The Morgan fingerprint density at radius 2 is 0.814 bits per heavy atom. The molecule has 0 fully saturated rings. The topological polar surface area (TPSA) is 3.24 Å². The van der Waals surface area contributed by atoms with Crippen molar-refractivity contribution < 1.29 is 0 Å². The second kappa shape index (κ2) is 13.7. The van der Waals surface area contributed by atoms with Crippen LogP contribution in [0.25, 0.3) is 44.5 Å². The first kappa shape index (κ1) is 35.0. The van der Waals surface area contributed by atoms with Crippen molar-refractivity contribution in [3.8, 4) is 44.5 Å². The second-order valence-corrected chi connectivity index (χ2v) is 16.5. The van der Waals surface area contributed by atoms with Gasteiger partial charge in [-0.3, -0.25) is 0 Å². The van der Waals surface area contributed by atoms with E-state index in [1.807, 2.05) is 0 Å². The van der Waals surface area contributed by atoms with Gasteiger partial charge in [-0.25, -0.2) is 0 Å². The Hall–Kier alpha value is -7.22. The Kier molecular flexibility index (Phi) is 8.13. The van der Waals surface area contributed by atoms with Gasteiger partial charge in [0.25, 0.3) is 0 Å². The molecule has 0 N–H and O–H groups in total. The van der Waals surface area contributed by atoms with Gasteiger partial charge < -0.3 is 4.90 Å². The zero-order valence-corrected chi connectivity index (χ0v) is 33.3. The lowest BCUT2D eigenvalue weighted by Crippen LogP contribution is -2.28. The van der Waals surface area contributed by atoms with E-state index in [9.17, 15) is 0 Å². The fraction of sp³-hybridized carbons (Fsp3) is 0.0690. The van der Waals surface area contributed by atoms with Gasteiger partial charge in [-0.1, -0.05) is 202 Å². The number of fused-ring (bicyclic) bond motifs is 6. The van der Waals surface area contributed by atoms with Crippen molar-refractivity contribution in [2.24, 2.45) is 0 Å². The highest BCUT2D eigenvalue weighted by molar-refractivity contribution is 5.98. The number of benzene rings is 9. The van der Waals surface area contributed by atoms with E-state index in [0.717, 1.165) is 17.1 Å². The van der Waals surface area contributed by atoms with Crippen LogP contribution in [0.3, 0.4) is 0 Å². The average Bonchev–Trinajstić information content (AvgIpc) is 3.74. The predicted molar refractivity (Wildman–Crippen MR) is 247 cm³/mol. The first-order chi connectivity index (χ1) is 29.0. The Labute approximate surface area is 347 Å². The summed E-state index contributed by atoms with van der Waals surface area (Å²) in [5, 5.41) is 0. The lowest BCUT2D eigenvalue weighted by molar-refractivity contribution is 0.660. The molecule has 0 bridgehead atoms. The summed E-state index contributed by atoms with van der Waals surface area (Å²) in [6.45, 7) is 4.74. The maximum absolute atomic E-state index is 2.52. The smallest absolute Gasteiger partial charge is 0.0714 e. The number of hydrogen-bond donors (Lipinski definition) is 0. The summed E-state index contributed by atoms with van der Waals surface area (Å²) in [6.07, 6.45) is 0. The van der Waals surface area contributed by atoms with Crippen molar-refractivity contribution in [3.05, 3.63) is 258 Å². The minimum atomic E-state index is -0.503. The highest BCUT2D eigenvalue weighted by Crippen LogP contribution is 2.60. The van der Waals surface area contributed by atoms with Gasteiger partial charge >= 0.3 is 0 Å². The number of rotatable bonds is 7. The molecule has 9 aromatic rings. The van der Waals surface area contributed by atoms with Crippen LogP contribution < -0.4 is 4.90 Å². The zero-order valence-electron chi connectivity index (χ0n) is 33.3. The molecule has 9 aromatic carbocycles. The largest absolute Gasteiger partial charge is 0.310 e. The van der Waals surface area contributed by atoms with Gasteiger partial charge in [0.1, 0.15) is 0 Å². The lowest BCUT2D eigenvalue weighted by atomic mass is 9.68. The van der Waals surface area contributed by atoms with E-state index in [1.54, 1.807) is 0 Å². The number of hydrogen-bond acceptors (Lipinski definition) is 1. The van der Waals surface area contributed by atoms with Crippen molar-refractivity contribution in [1.82, 2.24) is 0 Å². The Bertz CT molecular complexity index is 2970. The summed E-state index contributed by atoms with van der Waals surface area (Å²) < 4.78 is 0. The third-order valence-electron chi connectivity index (χ3n) is 12.9. The Balaban J connectivity index is 1.17. The summed E-state index contributed by atoms with van der Waals surface area (Å²) >= 11 is 0.